The summed E-state index contributed by atoms with van der Waals surface area (Å²) >= 11 is 21.6. The van der Waals surface area contributed by atoms with Crippen molar-refractivity contribution in [2.75, 3.05) is 5.32 Å². The van der Waals surface area contributed by atoms with Gasteiger partial charge in [0.2, 0.25) is 5.89 Å². The molecule has 1 amide bonds. The van der Waals surface area contributed by atoms with E-state index < -0.39 is 0 Å². The van der Waals surface area contributed by atoms with Crippen molar-refractivity contribution in [2.45, 2.75) is 0 Å². The first-order valence-electron chi connectivity index (χ1n) is 8.69. The second-order valence-corrected chi connectivity index (χ2v) is 8.42. The Hall–Kier alpha value is -2.31. The molecule has 0 saturated carbocycles. The number of oxazole rings is 1. The Labute approximate surface area is 195 Å². The van der Waals surface area contributed by atoms with E-state index in [2.05, 4.69) is 26.2 Å². The molecule has 1 N–H and O–H groups in total. The number of amides is 1. The number of rotatable bonds is 4. The quantitative estimate of drug-likeness (QED) is 0.277. The molecule has 3 aromatic carbocycles. The average molecular weight is 523 g/mol. The third-order valence-corrected chi connectivity index (χ3v) is 5.80. The highest BCUT2D eigenvalue weighted by Crippen LogP contribution is 2.34. The van der Waals surface area contributed by atoms with Gasteiger partial charge in [-0.3, -0.25) is 4.79 Å². The number of hydrogen-bond acceptors (Lipinski definition) is 3. The van der Waals surface area contributed by atoms with E-state index in [9.17, 15) is 4.79 Å². The van der Waals surface area contributed by atoms with Gasteiger partial charge in [-0.15, -0.1) is 0 Å². The summed E-state index contributed by atoms with van der Waals surface area (Å²) in [5.74, 6) is 0.540. The molecule has 1 heterocycles. The van der Waals surface area contributed by atoms with Gasteiger partial charge in [0.15, 0.2) is 5.76 Å². The van der Waals surface area contributed by atoms with Gasteiger partial charge in [-0.2, -0.15) is 0 Å². The summed E-state index contributed by atoms with van der Waals surface area (Å²) < 4.78 is 6.86. The predicted molar refractivity (Wildman–Crippen MR) is 125 cm³/mol. The number of nitrogens with one attached hydrogen (secondary N) is 1. The van der Waals surface area contributed by atoms with E-state index in [1.807, 2.05) is 24.3 Å². The number of benzene rings is 3. The van der Waals surface area contributed by atoms with Gasteiger partial charge in [0, 0.05) is 15.6 Å². The van der Waals surface area contributed by atoms with Crippen molar-refractivity contribution in [3.63, 3.8) is 0 Å². The standard InChI is InChI=1S/C22H12BrCl3N2O2/c23-13-5-3-4-12(8-13)20-11-27-22(30-20)15-7-2-1-6-14(15)21(29)28-19-10-17(25)16(24)9-18(19)26/h1-11H,(H,28,29). The van der Waals surface area contributed by atoms with Crippen LogP contribution in [0.25, 0.3) is 22.8 Å². The first kappa shape index (κ1) is 20.9. The molecule has 0 bridgehead atoms. The van der Waals surface area contributed by atoms with Crippen LogP contribution in [0.5, 0.6) is 0 Å². The maximum Gasteiger partial charge on any atom is 0.256 e. The van der Waals surface area contributed by atoms with Crippen LogP contribution in [0.2, 0.25) is 15.1 Å². The van der Waals surface area contributed by atoms with Crippen molar-refractivity contribution in [3.8, 4) is 22.8 Å². The van der Waals surface area contributed by atoms with E-state index in [1.54, 1.807) is 30.5 Å². The lowest BCUT2D eigenvalue weighted by Gasteiger charge is -2.10. The molecule has 4 nitrogen and oxygen atoms in total. The van der Waals surface area contributed by atoms with E-state index in [0.717, 1.165) is 10.0 Å². The number of carbonyl (C=O) groups excluding carboxylic acids is 1. The fourth-order valence-electron chi connectivity index (χ4n) is 2.85. The van der Waals surface area contributed by atoms with Crippen LogP contribution < -0.4 is 5.32 Å². The third kappa shape index (κ3) is 4.40. The van der Waals surface area contributed by atoms with E-state index in [4.69, 9.17) is 39.2 Å². The van der Waals surface area contributed by atoms with Crippen molar-refractivity contribution < 1.29 is 9.21 Å². The summed E-state index contributed by atoms with van der Waals surface area (Å²) in [5.41, 5.74) is 2.15. The zero-order valence-electron chi connectivity index (χ0n) is 15.1. The summed E-state index contributed by atoms with van der Waals surface area (Å²) in [4.78, 5) is 17.3. The lowest BCUT2D eigenvalue weighted by atomic mass is 10.1. The maximum absolute atomic E-state index is 13.0. The molecule has 0 radical (unpaired) electrons. The highest BCUT2D eigenvalue weighted by molar-refractivity contribution is 9.10. The molecule has 0 aliphatic heterocycles. The second kappa shape index (κ2) is 8.82. The molecule has 150 valence electrons. The Balaban J connectivity index is 1.67. The van der Waals surface area contributed by atoms with Gasteiger partial charge >= 0.3 is 0 Å². The van der Waals surface area contributed by atoms with Gasteiger partial charge in [-0.05, 0) is 36.4 Å². The van der Waals surface area contributed by atoms with Crippen molar-refractivity contribution in [3.05, 3.63) is 92.0 Å². The van der Waals surface area contributed by atoms with Crippen LogP contribution >= 0.6 is 50.7 Å². The van der Waals surface area contributed by atoms with E-state index in [-0.39, 0.29) is 16.0 Å². The topological polar surface area (TPSA) is 55.1 Å². The molecule has 0 atom stereocenters. The molecular formula is C22H12BrCl3N2O2. The Morgan fingerprint density at radius 1 is 0.933 bits per heavy atom. The molecule has 4 rings (SSSR count). The van der Waals surface area contributed by atoms with Crippen LogP contribution in [0.1, 0.15) is 10.4 Å². The number of anilines is 1. The highest BCUT2D eigenvalue weighted by atomic mass is 79.9. The highest BCUT2D eigenvalue weighted by Gasteiger charge is 2.18. The van der Waals surface area contributed by atoms with Crippen LogP contribution in [-0.4, -0.2) is 10.9 Å². The zero-order valence-corrected chi connectivity index (χ0v) is 19.0. The van der Waals surface area contributed by atoms with Crippen LogP contribution in [0, 0.1) is 0 Å². The average Bonchev–Trinajstić information content (AvgIpc) is 3.22. The molecule has 0 aliphatic carbocycles. The molecule has 0 unspecified atom stereocenters. The Kier molecular flexibility index (Phi) is 6.16. The van der Waals surface area contributed by atoms with Gasteiger partial charge in [-0.25, -0.2) is 4.98 Å². The van der Waals surface area contributed by atoms with Crippen LogP contribution in [0.4, 0.5) is 5.69 Å². The number of nitrogens with zero attached hydrogens (tertiary/aromatic N) is 1. The van der Waals surface area contributed by atoms with E-state index >= 15 is 0 Å². The summed E-state index contributed by atoms with van der Waals surface area (Å²) in [7, 11) is 0. The second-order valence-electron chi connectivity index (χ2n) is 6.29. The van der Waals surface area contributed by atoms with E-state index in [1.165, 1.54) is 12.1 Å². The number of aromatic nitrogens is 1. The minimum absolute atomic E-state index is 0.281. The minimum Gasteiger partial charge on any atom is -0.436 e. The maximum atomic E-state index is 13.0. The first-order valence-corrected chi connectivity index (χ1v) is 10.6. The molecule has 1 aromatic heterocycles. The van der Waals surface area contributed by atoms with Crippen LogP contribution in [0.3, 0.4) is 0 Å². The molecular weight excluding hydrogens is 511 g/mol. The molecule has 30 heavy (non-hydrogen) atoms. The Bertz CT molecular complexity index is 1260. The summed E-state index contributed by atoms with van der Waals surface area (Å²) in [5, 5.41) is 3.64. The van der Waals surface area contributed by atoms with E-state index in [0.29, 0.717) is 33.5 Å². The van der Waals surface area contributed by atoms with Crippen molar-refractivity contribution in [2.24, 2.45) is 0 Å². The van der Waals surface area contributed by atoms with Crippen LogP contribution in [-0.2, 0) is 0 Å². The molecule has 4 aromatic rings. The fourth-order valence-corrected chi connectivity index (χ4v) is 3.84. The monoisotopic (exact) mass is 520 g/mol. The van der Waals surface area contributed by atoms with Gasteiger partial charge in [0.25, 0.3) is 5.91 Å². The smallest absolute Gasteiger partial charge is 0.256 e. The Morgan fingerprint density at radius 2 is 1.70 bits per heavy atom. The lowest BCUT2D eigenvalue weighted by molar-refractivity contribution is 0.102. The normalized spacial score (nSPS) is 10.8. The summed E-state index contributed by atoms with van der Waals surface area (Å²) in [6.07, 6.45) is 1.63. The molecule has 0 saturated heterocycles. The van der Waals surface area contributed by atoms with Crippen LogP contribution in [0.15, 0.2) is 75.8 Å². The number of halogens is 4. The first-order chi connectivity index (χ1) is 14.4. The molecule has 0 aliphatic rings. The third-order valence-electron chi connectivity index (χ3n) is 4.28. The summed E-state index contributed by atoms with van der Waals surface area (Å²) in [6, 6.07) is 17.7. The van der Waals surface area contributed by atoms with Crippen molar-refractivity contribution in [1.82, 2.24) is 4.98 Å². The summed E-state index contributed by atoms with van der Waals surface area (Å²) in [6.45, 7) is 0. The van der Waals surface area contributed by atoms with Gasteiger partial charge in [0.05, 0.1) is 32.5 Å². The SMILES string of the molecule is O=C(Nc1cc(Cl)c(Cl)cc1Cl)c1ccccc1-c1ncc(-c2cccc(Br)c2)o1. The number of hydrogen-bond donors (Lipinski definition) is 1. The van der Waals surface area contributed by atoms with Gasteiger partial charge < -0.3 is 9.73 Å². The van der Waals surface area contributed by atoms with Gasteiger partial charge in [-0.1, -0.05) is 75.0 Å². The molecule has 0 fully saturated rings. The largest absolute Gasteiger partial charge is 0.436 e. The predicted octanol–water partition coefficient (Wildman–Crippen LogP) is 7.98. The Morgan fingerprint density at radius 3 is 2.50 bits per heavy atom. The molecule has 0 spiro atoms. The minimum atomic E-state index is -0.381. The zero-order chi connectivity index (χ0) is 21.3. The number of carbonyl (C=O) groups is 1. The fraction of sp³-hybridized carbons (Fsp3) is 0. The lowest BCUT2D eigenvalue weighted by Crippen LogP contribution is -2.13. The molecule has 8 heteroatoms. The van der Waals surface area contributed by atoms with Crippen molar-refractivity contribution >= 4 is 62.3 Å². The van der Waals surface area contributed by atoms with Crippen molar-refractivity contribution in [1.29, 1.82) is 0 Å². The van der Waals surface area contributed by atoms with Gasteiger partial charge in [0.1, 0.15) is 0 Å².